The molecule has 0 atom stereocenters. The third kappa shape index (κ3) is 3.44. The van der Waals surface area contributed by atoms with Crippen molar-refractivity contribution in [2.24, 2.45) is 0 Å². The fourth-order valence-corrected chi connectivity index (χ4v) is 2.24. The summed E-state index contributed by atoms with van der Waals surface area (Å²) in [5.74, 6) is -0.491. The van der Waals surface area contributed by atoms with Gasteiger partial charge in [-0.2, -0.15) is 0 Å². The summed E-state index contributed by atoms with van der Waals surface area (Å²) in [7, 11) is 1.31. The summed E-state index contributed by atoms with van der Waals surface area (Å²) in [6.45, 7) is 2.48. The Morgan fingerprint density at radius 3 is 2.90 bits per heavy atom. The highest BCUT2D eigenvalue weighted by atomic mass is 35.5. The molecule has 21 heavy (non-hydrogen) atoms. The number of nitrogen functional groups attached to an aromatic ring is 1. The molecule has 3 N–H and O–H groups in total. The molecule has 0 saturated carbocycles. The average Bonchev–Trinajstić information content (AvgIpc) is 2.46. The van der Waals surface area contributed by atoms with Crippen LogP contribution < -0.4 is 11.1 Å². The molecule has 0 bridgehead atoms. The molecule has 0 aliphatic carbocycles. The monoisotopic (exact) mass is 305 g/mol. The second kappa shape index (κ2) is 6.45. The Morgan fingerprint density at radius 2 is 2.24 bits per heavy atom. The van der Waals surface area contributed by atoms with E-state index in [0.717, 1.165) is 11.1 Å². The molecule has 2 aromatic rings. The minimum Gasteiger partial charge on any atom is -0.465 e. The van der Waals surface area contributed by atoms with Gasteiger partial charge in [0.15, 0.2) is 0 Å². The van der Waals surface area contributed by atoms with Crippen molar-refractivity contribution in [1.82, 2.24) is 4.98 Å². The van der Waals surface area contributed by atoms with E-state index in [0.29, 0.717) is 28.5 Å². The highest BCUT2D eigenvalue weighted by molar-refractivity contribution is 6.34. The van der Waals surface area contributed by atoms with E-state index in [1.54, 1.807) is 18.5 Å². The number of carbonyl (C=O) groups is 1. The van der Waals surface area contributed by atoms with E-state index in [2.05, 4.69) is 10.3 Å². The summed E-state index contributed by atoms with van der Waals surface area (Å²) in [6, 6.07) is 5.05. The lowest BCUT2D eigenvalue weighted by Gasteiger charge is -2.14. The SMILES string of the molecule is COC(=O)c1cc(N)cc(Cl)c1NCc1cnccc1C. The van der Waals surface area contributed by atoms with E-state index >= 15 is 0 Å². The number of nitrogens with one attached hydrogen (secondary N) is 1. The van der Waals surface area contributed by atoms with Crippen LogP contribution in [0.4, 0.5) is 11.4 Å². The van der Waals surface area contributed by atoms with Crippen molar-refractivity contribution in [1.29, 1.82) is 0 Å². The number of benzene rings is 1. The van der Waals surface area contributed by atoms with Gasteiger partial charge in [0, 0.05) is 24.6 Å². The first kappa shape index (κ1) is 15.1. The molecule has 0 radical (unpaired) electrons. The predicted molar refractivity (Wildman–Crippen MR) is 83.5 cm³/mol. The number of methoxy groups -OCH3 is 1. The molecular weight excluding hydrogens is 290 g/mol. The van der Waals surface area contributed by atoms with E-state index < -0.39 is 5.97 Å². The van der Waals surface area contributed by atoms with Crippen LogP contribution in [0, 0.1) is 6.92 Å². The van der Waals surface area contributed by atoms with Gasteiger partial charge in [-0.15, -0.1) is 0 Å². The van der Waals surface area contributed by atoms with Gasteiger partial charge in [0.1, 0.15) is 0 Å². The summed E-state index contributed by atoms with van der Waals surface area (Å²) in [5.41, 5.74) is 9.05. The van der Waals surface area contributed by atoms with Gasteiger partial charge >= 0.3 is 5.97 Å². The largest absolute Gasteiger partial charge is 0.465 e. The molecule has 5 nitrogen and oxygen atoms in total. The van der Waals surface area contributed by atoms with E-state index in [1.807, 2.05) is 13.0 Å². The molecule has 2 rings (SSSR count). The molecule has 110 valence electrons. The van der Waals surface area contributed by atoms with Crippen LogP contribution in [0.25, 0.3) is 0 Å². The number of carbonyl (C=O) groups excluding carboxylic acids is 1. The Hall–Kier alpha value is -2.27. The number of hydrogen-bond donors (Lipinski definition) is 2. The van der Waals surface area contributed by atoms with Crippen LogP contribution in [-0.4, -0.2) is 18.1 Å². The first-order valence-electron chi connectivity index (χ1n) is 6.33. The Balaban J connectivity index is 2.31. The van der Waals surface area contributed by atoms with Crippen LogP contribution in [0.2, 0.25) is 5.02 Å². The summed E-state index contributed by atoms with van der Waals surface area (Å²) in [6.07, 6.45) is 3.50. The second-order valence-electron chi connectivity index (χ2n) is 4.57. The summed E-state index contributed by atoms with van der Waals surface area (Å²) >= 11 is 6.18. The lowest BCUT2D eigenvalue weighted by molar-refractivity contribution is 0.0602. The number of ether oxygens (including phenoxy) is 1. The maximum atomic E-state index is 11.8. The number of aryl methyl sites for hydroxylation is 1. The quantitative estimate of drug-likeness (QED) is 0.670. The number of rotatable bonds is 4. The van der Waals surface area contributed by atoms with Gasteiger partial charge in [0.2, 0.25) is 0 Å². The molecule has 1 heterocycles. The summed E-state index contributed by atoms with van der Waals surface area (Å²) < 4.78 is 4.76. The van der Waals surface area contributed by atoms with Crippen LogP contribution in [0.3, 0.4) is 0 Å². The van der Waals surface area contributed by atoms with E-state index in [-0.39, 0.29) is 0 Å². The summed E-state index contributed by atoms with van der Waals surface area (Å²) in [4.78, 5) is 15.9. The standard InChI is InChI=1S/C15H16ClN3O2/c1-9-3-4-18-7-10(9)8-19-14-12(15(20)21-2)5-11(17)6-13(14)16/h3-7,19H,8,17H2,1-2H3. The lowest BCUT2D eigenvalue weighted by Crippen LogP contribution is -2.10. The molecule has 0 unspecified atom stereocenters. The van der Waals surface area contributed by atoms with Crippen molar-refractivity contribution in [3.8, 4) is 0 Å². The smallest absolute Gasteiger partial charge is 0.340 e. The van der Waals surface area contributed by atoms with E-state index in [1.165, 1.54) is 13.2 Å². The number of hydrogen-bond acceptors (Lipinski definition) is 5. The van der Waals surface area contributed by atoms with Crippen LogP contribution in [0.5, 0.6) is 0 Å². The van der Waals surface area contributed by atoms with E-state index in [9.17, 15) is 4.79 Å². The van der Waals surface area contributed by atoms with Crippen molar-refractivity contribution in [2.45, 2.75) is 13.5 Å². The Bertz CT molecular complexity index is 674. The molecular formula is C15H16ClN3O2. The van der Waals surface area contributed by atoms with Crippen molar-refractivity contribution in [3.63, 3.8) is 0 Å². The highest BCUT2D eigenvalue weighted by Crippen LogP contribution is 2.30. The van der Waals surface area contributed by atoms with Crippen LogP contribution in [0.15, 0.2) is 30.6 Å². The fourth-order valence-electron chi connectivity index (χ4n) is 1.94. The molecule has 0 fully saturated rings. The Morgan fingerprint density at radius 1 is 1.48 bits per heavy atom. The first-order valence-corrected chi connectivity index (χ1v) is 6.71. The Labute approximate surface area is 128 Å². The number of nitrogens with zero attached hydrogens (tertiary/aromatic N) is 1. The van der Waals surface area contributed by atoms with Gasteiger partial charge in [-0.25, -0.2) is 4.79 Å². The zero-order chi connectivity index (χ0) is 15.4. The van der Waals surface area contributed by atoms with Crippen LogP contribution >= 0.6 is 11.6 Å². The number of nitrogens with two attached hydrogens (primary N) is 1. The fraction of sp³-hybridized carbons (Fsp3) is 0.200. The molecule has 0 aliphatic rings. The van der Waals surface area contributed by atoms with Gasteiger partial charge < -0.3 is 15.8 Å². The molecule has 6 heteroatoms. The van der Waals surface area contributed by atoms with Crippen molar-refractivity contribution in [2.75, 3.05) is 18.2 Å². The van der Waals surface area contributed by atoms with Crippen LogP contribution in [-0.2, 0) is 11.3 Å². The Kier molecular flexibility index (Phi) is 4.65. The molecule has 1 aromatic carbocycles. The topological polar surface area (TPSA) is 77.2 Å². The number of aromatic nitrogens is 1. The maximum absolute atomic E-state index is 11.8. The third-order valence-electron chi connectivity index (χ3n) is 3.12. The van der Waals surface area contributed by atoms with Crippen molar-refractivity contribution in [3.05, 3.63) is 52.3 Å². The molecule has 0 saturated heterocycles. The molecule has 1 aromatic heterocycles. The third-order valence-corrected chi connectivity index (χ3v) is 3.42. The maximum Gasteiger partial charge on any atom is 0.340 e. The number of esters is 1. The minimum atomic E-state index is -0.491. The lowest BCUT2D eigenvalue weighted by atomic mass is 10.1. The molecule has 0 aliphatic heterocycles. The first-order chi connectivity index (χ1) is 10.0. The zero-order valence-corrected chi connectivity index (χ0v) is 12.6. The average molecular weight is 306 g/mol. The van der Waals surface area contributed by atoms with Gasteiger partial charge in [-0.3, -0.25) is 4.98 Å². The van der Waals surface area contributed by atoms with Gasteiger partial charge in [-0.05, 0) is 36.2 Å². The summed E-state index contributed by atoms with van der Waals surface area (Å²) in [5, 5.41) is 3.52. The van der Waals surface area contributed by atoms with Gasteiger partial charge in [0.05, 0.1) is 23.4 Å². The van der Waals surface area contributed by atoms with Gasteiger partial charge in [0.25, 0.3) is 0 Å². The number of anilines is 2. The van der Waals surface area contributed by atoms with Gasteiger partial charge in [-0.1, -0.05) is 11.6 Å². The van der Waals surface area contributed by atoms with Crippen LogP contribution in [0.1, 0.15) is 21.5 Å². The molecule has 0 spiro atoms. The van der Waals surface area contributed by atoms with Crippen molar-refractivity contribution < 1.29 is 9.53 Å². The minimum absolute atomic E-state index is 0.309. The predicted octanol–water partition coefficient (Wildman–Crippen LogP) is 3.02. The molecule has 0 amide bonds. The van der Waals surface area contributed by atoms with Crippen molar-refractivity contribution >= 4 is 28.9 Å². The normalized spacial score (nSPS) is 10.2. The second-order valence-corrected chi connectivity index (χ2v) is 4.98. The number of halogens is 1. The van der Waals surface area contributed by atoms with E-state index in [4.69, 9.17) is 22.1 Å². The zero-order valence-electron chi connectivity index (χ0n) is 11.8. The highest BCUT2D eigenvalue weighted by Gasteiger charge is 2.16. The number of pyridine rings is 1.